The third-order valence-corrected chi connectivity index (χ3v) is 2.80. The first-order valence-corrected chi connectivity index (χ1v) is 5.04. The van der Waals surface area contributed by atoms with Gasteiger partial charge in [-0.25, -0.2) is 4.98 Å². The fourth-order valence-corrected chi connectivity index (χ4v) is 2.08. The molecule has 1 aromatic carbocycles. The zero-order chi connectivity index (χ0) is 10.4. The molecule has 0 fully saturated rings. The Morgan fingerprint density at radius 1 is 1.27 bits per heavy atom. The minimum Gasteiger partial charge on any atom is -0.281 e. The van der Waals surface area contributed by atoms with Crippen molar-refractivity contribution in [3.63, 3.8) is 0 Å². The lowest BCUT2D eigenvalue weighted by Gasteiger charge is -2.00. The second-order valence-electron chi connectivity index (χ2n) is 3.49. The van der Waals surface area contributed by atoms with E-state index in [1.807, 2.05) is 31.2 Å². The van der Waals surface area contributed by atoms with Crippen LogP contribution in [0.1, 0.15) is 5.69 Å². The van der Waals surface area contributed by atoms with E-state index in [2.05, 4.69) is 15.2 Å². The first-order valence-electron chi connectivity index (χ1n) is 4.66. The first-order chi connectivity index (χ1) is 7.27. The maximum atomic E-state index is 6.06. The number of aryl methyl sites for hydroxylation is 1. The molecule has 15 heavy (non-hydrogen) atoms. The van der Waals surface area contributed by atoms with Gasteiger partial charge in [-0.1, -0.05) is 29.8 Å². The van der Waals surface area contributed by atoms with Gasteiger partial charge in [-0.2, -0.15) is 5.10 Å². The molecule has 0 unspecified atom stereocenters. The van der Waals surface area contributed by atoms with Crippen LogP contribution in [-0.2, 0) is 0 Å². The summed E-state index contributed by atoms with van der Waals surface area (Å²) in [6.45, 7) is 1.98. The molecule has 0 aliphatic heterocycles. The Kier molecular flexibility index (Phi) is 1.70. The number of nitrogens with zero attached hydrogens (tertiary/aromatic N) is 2. The SMILES string of the molecule is Cc1[nH]nc2c(Cl)nc3ccccc3c12. The number of aromatic nitrogens is 3. The molecule has 0 spiro atoms. The summed E-state index contributed by atoms with van der Waals surface area (Å²) in [5.41, 5.74) is 2.66. The van der Waals surface area contributed by atoms with E-state index in [-0.39, 0.29) is 0 Å². The molecule has 0 amide bonds. The normalized spacial score (nSPS) is 11.3. The quantitative estimate of drug-likeness (QED) is 0.588. The molecular weight excluding hydrogens is 210 g/mol. The van der Waals surface area contributed by atoms with E-state index in [9.17, 15) is 0 Å². The summed E-state index contributed by atoms with van der Waals surface area (Å²) in [6, 6.07) is 7.92. The van der Waals surface area contributed by atoms with Crippen molar-refractivity contribution in [3.05, 3.63) is 35.1 Å². The second kappa shape index (κ2) is 2.94. The smallest absolute Gasteiger partial charge is 0.157 e. The number of hydrogen-bond donors (Lipinski definition) is 1. The maximum absolute atomic E-state index is 6.06. The molecule has 2 aromatic heterocycles. The molecule has 0 bridgehead atoms. The summed E-state index contributed by atoms with van der Waals surface area (Å²) in [7, 11) is 0. The number of aromatic amines is 1. The first kappa shape index (κ1) is 8.68. The van der Waals surface area contributed by atoms with Gasteiger partial charge in [0.15, 0.2) is 5.15 Å². The van der Waals surface area contributed by atoms with Gasteiger partial charge in [0.05, 0.1) is 5.52 Å². The molecule has 0 saturated carbocycles. The third kappa shape index (κ3) is 1.13. The Hall–Kier alpha value is -1.61. The topological polar surface area (TPSA) is 41.6 Å². The number of pyridine rings is 1. The van der Waals surface area contributed by atoms with Crippen molar-refractivity contribution in [2.75, 3.05) is 0 Å². The van der Waals surface area contributed by atoms with Crippen LogP contribution >= 0.6 is 11.6 Å². The van der Waals surface area contributed by atoms with Crippen molar-refractivity contribution < 1.29 is 0 Å². The molecule has 0 aliphatic carbocycles. The van der Waals surface area contributed by atoms with E-state index in [4.69, 9.17) is 11.6 Å². The number of hydrogen-bond acceptors (Lipinski definition) is 2. The highest BCUT2D eigenvalue weighted by Gasteiger charge is 2.10. The van der Waals surface area contributed by atoms with Crippen molar-refractivity contribution in [1.82, 2.24) is 15.2 Å². The van der Waals surface area contributed by atoms with Crippen LogP contribution in [0.15, 0.2) is 24.3 Å². The summed E-state index contributed by atoms with van der Waals surface area (Å²) in [4.78, 5) is 4.30. The molecule has 3 nitrogen and oxygen atoms in total. The van der Waals surface area contributed by atoms with Gasteiger partial charge in [0.25, 0.3) is 0 Å². The summed E-state index contributed by atoms with van der Waals surface area (Å²) in [5, 5.41) is 9.68. The highest BCUT2D eigenvalue weighted by molar-refractivity contribution is 6.35. The van der Waals surface area contributed by atoms with Gasteiger partial charge in [0.1, 0.15) is 5.52 Å². The van der Waals surface area contributed by atoms with Gasteiger partial charge in [0.2, 0.25) is 0 Å². The molecule has 3 aromatic rings. The fourth-order valence-electron chi connectivity index (χ4n) is 1.85. The molecule has 0 saturated heterocycles. The average Bonchev–Trinajstić information content (AvgIpc) is 2.62. The van der Waals surface area contributed by atoms with Gasteiger partial charge in [-0.05, 0) is 13.0 Å². The maximum Gasteiger partial charge on any atom is 0.157 e. The van der Waals surface area contributed by atoms with Crippen LogP contribution in [0, 0.1) is 6.92 Å². The number of H-pyrrole nitrogens is 1. The molecule has 4 heteroatoms. The van der Waals surface area contributed by atoms with E-state index in [0.29, 0.717) is 5.15 Å². The van der Waals surface area contributed by atoms with Crippen LogP contribution in [0.5, 0.6) is 0 Å². The Morgan fingerprint density at radius 2 is 2.07 bits per heavy atom. The number of nitrogens with one attached hydrogen (secondary N) is 1. The minimum atomic E-state index is 0.452. The van der Waals surface area contributed by atoms with Crippen LogP contribution in [0.25, 0.3) is 21.8 Å². The van der Waals surface area contributed by atoms with Gasteiger partial charge < -0.3 is 0 Å². The molecular formula is C11H8ClN3. The summed E-state index contributed by atoms with van der Waals surface area (Å²) < 4.78 is 0. The van der Waals surface area contributed by atoms with E-state index in [1.165, 1.54) is 0 Å². The predicted molar refractivity (Wildman–Crippen MR) is 61.1 cm³/mol. The van der Waals surface area contributed by atoms with Crippen molar-refractivity contribution in [3.8, 4) is 0 Å². The highest BCUT2D eigenvalue weighted by Crippen LogP contribution is 2.29. The van der Waals surface area contributed by atoms with Crippen LogP contribution in [0.3, 0.4) is 0 Å². The number of fused-ring (bicyclic) bond motifs is 3. The van der Waals surface area contributed by atoms with Gasteiger partial charge in [-0.15, -0.1) is 0 Å². The largest absolute Gasteiger partial charge is 0.281 e. The molecule has 0 atom stereocenters. The molecule has 0 radical (unpaired) electrons. The average molecular weight is 218 g/mol. The fraction of sp³-hybridized carbons (Fsp3) is 0.0909. The van der Waals surface area contributed by atoms with Crippen LogP contribution in [0.4, 0.5) is 0 Å². The van der Waals surface area contributed by atoms with Gasteiger partial charge >= 0.3 is 0 Å². The lowest BCUT2D eigenvalue weighted by atomic mass is 10.1. The van der Waals surface area contributed by atoms with Crippen LogP contribution in [0.2, 0.25) is 5.15 Å². The van der Waals surface area contributed by atoms with Crippen LogP contribution in [-0.4, -0.2) is 15.2 Å². The Balaban J connectivity index is 2.67. The molecule has 2 heterocycles. The monoisotopic (exact) mass is 217 g/mol. The predicted octanol–water partition coefficient (Wildman–Crippen LogP) is 3.07. The number of para-hydroxylation sites is 1. The van der Waals surface area contributed by atoms with E-state index in [0.717, 1.165) is 27.5 Å². The number of rotatable bonds is 0. The van der Waals surface area contributed by atoms with Gasteiger partial charge in [0, 0.05) is 16.5 Å². The zero-order valence-electron chi connectivity index (χ0n) is 8.08. The van der Waals surface area contributed by atoms with Crippen molar-refractivity contribution in [2.24, 2.45) is 0 Å². The standard InChI is InChI=1S/C11H8ClN3/c1-6-9-7-4-2-3-5-8(7)13-11(12)10(9)15-14-6/h2-5H,1H3,(H,14,15). The van der Waals surface area contributed by atoms with E-state index in [1.54, 1.807) is 0 Å². The van der Waals surface area contributed by atoms with Gasteiger partial charge in [-0.3, -0.25) is 5.10 Å². The zero-order valence-corrected chi connectivity index (χ0v) is 8.84. The Bertz CT molecular complexity index is 657. The number of halogens is 1. The minimum absolute atomic E-state index is 0.452. The summed E-state index contributed by atoms with van der Waals surface area (Å²) in [6.07, 6.45) is 0. The molecule has 3 rings (SSSR count). The summed E-state index contributed by atoms with van der Waals surface area (Å²) >= 11 is 6.06. The lowest BCUT2D eigenvalue weighted by molar-refractivity contribution is 1.07. The highest BCUT2D eigenvalue weighted by atomic mass is 35.5. The Labute approximate surface area is 91.1 Å². The van der Waals surface area contributed by atoms with E-state index < -0.39 is 0 Å². The van der Waals surface area contributed by atoms with Crippen molar-refractivity contribution >= 4 is 33.4 Å². The molecule has 74 valence electrons. The molecule has 1 N–H and O–H groups in total. The number of benzene rings is 1. The third-order valence-electron chi connectivity index (χ3n) is 2.53. The van der Waals surface area contributed by atoms with Crippen molar-refractivity contribution in [1.29, 1.82) is 0 Å². The van der Waals surface area contributed by atoms with Crippen molar-refractivity contribution in [2.45, 2.75) is 6.92 Å². The van der Waals surface area contributed by atoms with Crippen LogP contribution < -0.4 is 0 Å². The van der Waals surface area contributed by atoms with E-state index >= 15 is 0 Å². The summed E-state index contributed by atoms with van der Waals surface area (Å²) in [5.74, 6) is 0. The lowest BCUT2D eigenvalue weighted by Crippen LogP contribution is -1.83. The molecule has 0 aliphatic rings. The Morgan fingerprint density at radius 3 is 2.93 bits per heavy atom. The second-order valence-corrected chi connectivity index (χ2v) is 3.85.